The van der Waals surface area contributed by atoms with Gasteiger partial charge in [-0.15, -0.1) is 0 Å². The van der Waals surface area contributed by atoms with Gasteiger partial charge in [-0.05, 0) is 52.3 Å². The van der Waals surface area contributed by atoms with E-state index in [1.54, 1.807) is 18.2 Å². The Morgan fingerprint density at radius 2 is 1.59 bits per heavy atom. The van der Waals surface area contributed by atoms with E-state index in [4.69, 9.17) is 0 Å². The molecule has 0 saturated carbocycles. The van der Waals surface area contributed by atoms with Crippen LogP contribution in [0.4, 0.5) is 17.6 Å². The van der Waals surface area contributed by atoms with E-state index in [9.17, 15) is 17.6 Å². The molecule has 0 fully saturated rings. The Balaban J connectivity index is 2.26. The minimum Gasteiger partial charge on any atom is -0.204 e. The van der Waals surface area contributed by atoms with Crippen molar-refractivity contribution in [2.24, 2.45) is 0 Å². The summed E-state index contributed by atoms with van der Waals surface area (Å²) in [6, 6.07) is 5.15. The average molecular weight is 302 g/mol. The lowest BCUT2D eigenvalue weighted by atomic mass is 9.89. The van der Waals surface area contributed by atoms with Crippen molar-refractivity contribution in [2.75, 3.05) is 0 Å². The summed E-state index contributed by atoms with van der Waals surface area (Å²) in [7, 11) is 0. The average Bonchev–Trinajstić information content (AvgIpc) is 2.53. The molecular weight excluding hydrogens is 292 g/mol. The third-order valence-corrected chi connectivity index (χ3v) is 4.20. The second-order valence-electron chi connectivity index (χ2n) is 5.44. The van der Waals surface area contributed by atoms with Crippen LogP contribution in [0.1, 0.15) is 17.5 Å². The second kappa shape index (κ2) is 4.57. The van der Waals surface area contributed by atoms with Crippen molar-refractivity contribution in [3.05, 3.63) is 64.7 Å². The smallest absolute Gasteiger partial charge is 0.167 e. The Kier molecular flexibility index (Phi) is 2.76. The van der Waals surface area contributed by atoms with Gasteiger partial charge in [-0.2, -0.15) is 0 Å². The molecule has 0 bridgehead atoms. The first-order valence-corrected chi connectivity index (χ1v) is 6.96. The topological polar surface area (TPSA) is 0 Å². The maximum Gasteiger partial charge on any atom is 0.167 e. The molecule has 0 saturated heterocycles. The predicted molar refractivity (Wildman–Crippen MR) is 78.6 cm³/mol. The van der Waals surface area contributed by atoms with Gasteiger partial charge in [0.15, 0.2) is 23.3 Å². The minimum absolute atomic E-state index is 0.000741. The van der Waals surface area contributed by atoms with Crippen LogP contribution in [0.2, 0.25) is 0 Å². The molecule has 3 aromatic rings. The molecule has 0 atom stereocenters. The highest BCUT2D eigenvalue weighted by atomic mass is 19.2. The van der Waals surface area contributed by atoms with Gasteiger partial charge >= 0.3 is 0 Å². The van der Waals surface area contributed by atoms with Crippen molar-refractivity contribution < 1.29 is 17.6 Å². The largest absolute Gasteiger partial charge is 0.204 e. The Morgan fingerprint density at radius 1 is 0.818 bits per heavy atom. The number of allylic oxidation sites excluding steroid dienone is 1. The highest BCUT2D eigenvalue weighted by Gasteiger charge is 2.21. The van der Waals surface area contributed by atoms with E-state index in [2.05, 4.69) is 0 Å². The zero-order valence-corrected chi connectivity index (χ0v) is 11.4. The third-order valence-electron chi connectivity index (χ3n) is 4.20. The van der Waals surface area contributed by atoms with Crippen LogP contribution in [0, 0.1) is 23.3 Å². The second-order valence-corrected chi connectivity index (χ2v) is 5.44. The van der Waals surface area contributed by atoms with Crippen LogP contribution in [-0.2, 0) is 6.42 Å². The number of benzene rings is 3. The van der Waals surface area contributed by atoms with Crippen molar-refractivity contribution in [1.82, 2.24) is 0 Å². The molecule has 0 radical (unpaired) electrons. The van der Waals surface area contributed by atoms with Gasteiger partial charge in [0.2, 0.25) is 0 Å². The number of fused-ring (bicyclic) bond motifs is 5. The lowest BCUT2D eigenvalue weighted by Crippen LogP contribution is -2.03. The van der Waals surface area contributed by atoms with E-state index in [1.165, 1.54) is 0 Å². The molecule has 0 aliphatic heterocycles. The molecule has 0 nitrogen and oxygen atoms in total. The van der Waals surface area contributed by atoms with Crippen molar-refractivity contribution in [3.63, 3.8) is 0 Å². The van der Waals surface area contributed by atoms with Crippen molar-refractivity contribution in [1.29, 1.82) is 0 Å². The van der Waals surface area contributed by atoms with E-state index in [-0.39, 0.29) is 10.8 Å². The fraction of sp³-hybridized carbons (Fsp3) is 0.111. The summed E-state index contributed by atoms with van der Waals surface area (Å²) >= 11 is 0. The standard InChI is InChI=1S/C18H10F4/c19-14-7-9-5-6-11-10-3-1-2-4-12(10)17(21)18(22)16(11)13(9)8-15(14)20/h1,3,5-8H,2,4H2. The molecule has 110 valence electrons. The van der Waals surface area contributed by atoms with E-state index < -0.39 is 23.3 Å². The van der Waals surface area contributed by atoms with Gasteiger partial charge in [-0.1, -0.05) is 24.3 Å². The summed E-state index contributed by atoms with van der Waals surface area (Å²) in [5.74, 6) is -3.98. The Morgan fingerprint density at radius 3 is 2.41 bits per heavy atom. The monoisotopic (exact) mass is 302 g/mol. The van der Waals surface area contributed by atoms with Gasteiger partial charge in [-0.25, -0.2) is 17.6 Å². The SMILES string of the molecule is Fc1cc2ccc3c4c(c(F)c(F)c3c2cc1F)CCC=C4. The summed E-state index contributed by atoms with van der Waals surface area (Å²) in [4.78, 5) is 0. The highest BCUT2D eigenvalue weighted by Crippen LogP contribution is 2.37. The summed E-state index contributed by atoms with van der Waals surface area (Å²) in [5.41, 5.74) is 0.959. The molecule has 0 N–H and O–H groups in total. The van der Waals surface area contributed by atoms with E-state index in [0.717, 1.165) is 12.1 Å². The summed E-state index contributed by atoms with van der Waals surface area (Å²) in [6.45, 7) is 0. The maximum atomic E-state index is 14.5. The molecule has 0 aromatic heterocycles. The summed E-state index contributed by atoms with van der Waals surface area (Å²) in [6.07, 6.45) is 4.74. The zero-order chi connectivity index (χ0) is 15.4. The lowest BCUT2D eigenvalue weighted by molar-refractivity contribution is 0.506. The lowest BCUT2D eigenvalue weighted by Gasteiger charge is -2.17. The molecule has 0 unspecified atom stereocenters. The van der Waals surface area contributed by atoms with Crippen LogP contribution < -0.4 is 0 Å². The first kappa shape index (κ1) is 13.3. The first-order chi connectivity index (χ1) is 10.6. The van der Waals surface area contributed by atoms with Gasteiger partial charge in [0.05, 0.1) is 0 Å². The van der Waals surface area contributed by atoms with Gasteiger partial charge in [-0.3, -0.25) is 0 Å². The summed E-state index contributed by atoms with van der Waals surface area (Å²) in [5, 5.41) is 1.03. The fourth-order valence-electron chi connectivity index (χ4n) is 3.17. The molecule has 0 heterocycles. The van der Waals surface area contributed by atoms with Crippen molar-refractivity contribution in [2.45, 2.75) is 12.8 Å². The molecule has 22 heavy (non-hydrogen) atoms. The van der Waals surface area contributed by atoms with Crippen LogP contribution in [0.15, 0.2) is 30.3 Å². The Labute approximate surface area is 123 Å². The van der Waals surface area contributed by atoms with E-state index >= 15 is 0 Å². The maximum absolute atomic E-state index is 14.5. The van der Waals surface area contributed by atoms with Gasteiger partial charge in [0.1, 0.15) is 0 Å². The quantitative estimate of drug-likeness (QED) is 0.379. The number of hydrogen-bond acceptors (Lipinski definition) is 0. The normalized spacial score (nSPS) is 13.8. The number of hydrogen-bond donors (Lipinski definition) is 0. The van der Waals surface area contributed by atoms with Crippen molar-refractivity contribution in [3.8, 4) is 0 Å². The number of halogens is 4. The van der Waals surface area contributed by atoms with Crippen LogP contribution in [0.5, 0.6) is 0 Å². The summed E-state index contributed by atoms with van der Waals surface area (Å²) < 4.78 is 55.8. The van der Waals surface area contributed by atoms with Gasteiger partial charge in [0.25, 0.3) is 0 Å². The zero-order valence-electron chi connectivity index (χ0n) is 11.4. The molecule has 1 aliphatic rings. The Hall–Kier alpha value is -2.36. The molecule has 0 amide bonds. The first-order valence-electron chi connectivity index (χ1n) is 6.96. The molecule has 1 aliphatic carbocycles. The number of rotatable bonds is 0. The Bertz CT molecular complexity index is 970. The van der Waals surface area contributed by atoms with Gasteiger partial charge < -0.3 is 0 Å². The van der Waals surface area contributed by atoms with E-state index in [1.807, 2.05) is 6.08 Å². The molecule has 0 spiro atoms. The van der Waals surface area contributed by atoms with Crippen LogP contribution in [-0.4, -0.2) is 0 Å². The highest BCUT2D eigenvalue weighted by molar-refractivity contribution is 6.10. The minimum atomic E-state index is -1.08. The van der Waals surface area contributed by atoms with Gasteiger partial charge in [0, 0.05) is 5.39 Å². The fourth-order valence-corrected chi connectivity index (χ4v) is 3.17. The molecule has 3 aromatic carbocycles. The van der Waals surface area contributed by atoms with Crippen LogP contribution in [0.3, 0.4) is 0 Å². The molecule has 4 rings (SSSR count). The third kappa shape index (κ3) is 1.70. The van der Waals surface area contributed by atoms with Crippen LogP contribution in [0.25, 0.3) is 27.6 Å². The molecular formula is C18H10F4. The molecule has 4 heteroatoms. The van der Waals surface area contributed by atoms with E-state index in [0.29, 0.717) is 34.7 Å². The predicted octanol–water partition coefficient (Wildman–Crippen LogP) is 5.51. The van der Waals surface area contributed by atoms with Crippen LogP contribution >= 0.6 is 0 Å². The van der Waals surface area contributed by atoms with Crippen molar-refractivity contribution >= 4 is 27.6 Å².